The number of nitrogens with zero attached hydrogens (tertiary/aromatic N) is 4. The number of hydrogen-bond donors (Lipinski definition) is 1. The molecule has 2 aromatic heterocycles. The lowest BCUT2D eigenvalue weighted by molar-refractivity contribution is -0.131. The van der Waals surface area contributed by atoms with E-state index in [4.69, 9.17) is 5.73 Å². The van der Waals surface area contributed by atoms with Crippen molar-refractivity contribution in [3.05, 3.63) is 70.7 Å². The molecule has 7 heteroatoms. The zero-order valence-corrected chi connectivity index (χ0v) is 15.7. The quantitative estimate of drug-likeness (QED) is 0.758. The highest BCUT2D eigenvalue weighted by molar-refractivity contribution is 5.81. The van der Waals surface area contributed by atoms with Crippen LogP contribution in [0.25, 0.3) is 11.3 Å². The van der Waals surface area contributed by atoms with Crippen LogP contribution >= 0.6 is 0 Å². The number of carbonyl (C=O) groups excluding carboxylic acids is 1. The number of fused-ring (bicyclic) bond motifs is 1. The van der Waals surface area contributed by atoms with Crippen LogP contribution in [0, 0.1) is 19.7 Å². The summed E-state index contributed by atoms with van der Waals surface area (Å²) in [6.45, 7) is 4.61. The summed E-state index contributed by atoms with van der Waals surface area (Å²) < 4.78 is 13.4. The predicted molar refractivity (Wildman–Crippen MR) is 104 cm³/mol. The van der Waals surface area contributed by atoms with E-state index in [1.165, 1.54) is 12.1 Å². The van der Waals surface area contributed by atoms with Crippen LogP contribution in [0.15, 0.2) is 36.5 Å². The highest BCUT2D eigenvalue weighted by atomic mass is 19.1. The number of anilines is 1. The van der Waals surface area contributed by atoms with Gasteiger partial charge >= 0.3 is 0 Å². The van der Waals surface area contributed by atoms with Gasteiger partial charge in [0, 0.05) is 23.9 Å². The van der Waals surface area contributed by atoms with Crippen LogP contribution in [0.3, 0.4) is 0 Å². The molecule has 0 atom stereocenters. The van der Waals surface area contributed by atoms with E-state index in [1.54, 1.807) is 29.3 Å². The molecule has 0 unspecified atom stereocenters. The second-order valence-electron chi connectivity index (χ2n) is 7.01. The molecule has 3 aromatic rings. The minimum atomic E-state index is -0.293. The molecule has 2 N–H and O–H groups in total. The first kappa shape index (κ1) is 18.0. The number of halogens is 1. The van der Waals surface area contributed by atoms with Crippen LogP contribution in [0.5, 0.6) is 0 Å². The Morgan fingerprint density at radius 1 is 1.18 bits per heavy atom. The van der Waals surface area contributed by atoms with Gasteiger partial charge in [0.15, 0.2) is 0 Å². The summed E-state index contributed by atoms with van der Waals surface area (Å²) in [4.78, 5) is 27.7. The molecule has 3 heterocycles. The van der Waals surface area contributed by atoms with E-state index >= 15 is 0 Å². The number of rotatable bonds is 3. The number of nitrogen functional groups attached to an aromatic ring is 1. The standard InChI is InChI=1S/C21H20FN5O/c1-12-7-15(22)3-4-16(12)18-6-5-17(23)19(26-18)8-21(28)27-10-14-9-24-13(2)25-20(14)11-27/h3-7,9H,8,10-11,23H2,1-2H3. The number of nitrogens with two attached hydrogens (primary N) is 1. The second kappa shape index (κ2) is 6.99. The Hall–Kier alpha value is -3.35. The first-order chi connectivity index (χ1) is 13.4. The largest absolute Gasteiger partial charge is 0.397 e. The van der Waals surface area contributed by atoms with Gasteiger partial charge in [-0.1, -0.05) is 0 Å². The molecule has 6 nitrogen and oxygen atoms in total. The third-order valence-corrected chi connectivity index (χ3v) is 4.92. The fourth-order valence-corrected chi connectivity index (χ4v) is 3.40. The van der Waals surface area contributed by atoms with Crippen molar-refractivity contribution in [1.29, 1.82) is 0 Å². The zero-order valence-electron chi connectivity index (χ0n) is 15.7. The van der Waals surface area contributed by atoms with Crippen molar-refractivity contribution in [2.24, 2.45) is 0 Å². The van der Waals surface area contributed by atoms with E-state index in [1.807, 2.05) is 13.8 Å². The van der Waals surface area contributed by atoms with Gasteiger partial charge in [-0.05, 0) is 49.7 Å². The lowest BCUT2D eigenvalue weighted by Crippen LogP contribution is -2.27. The van der Waals surface area contributed by atoms with Gasteiger partial charge in [0.25, 0.3) is 0 Å². The van der Waals surface area contributed by atoms with E-state index in [0.717, 1.165) is 22.4 Å². The number of benzene rings is 1. The molecular formula is C21H20FN5O. The lowest BCUT2D eigenvalue weighted by Gasteiger charge is -2.16. The van der Waals surface area contributed by atoms with Crippen molar-refractivity contribution in [1.82, 2.24) is 19.9 Å². The first-order valence-electron chi connectivity index (χ1n) is 9.02. The average Bonchev–Trinajstić information content (AvgIpc) is 3.07. The Labute approximate surface area is 162 Å². The van der Waals surface area contributed by atoms with Gasteiger partial charge in [-0.25, -0.2) is 14.4 Å². The fraction of sp³-hybridized carbons (Fsp3) is 0.238. The monoisotopic (exact) mass is 377 g/mol. The van der Waals surface area contributed by atoms with Gasteiger partial charge in [0.05, 0.1) is 35.7 Å². The van der Waals surface area contributed by atoms with E-state index in [2.05, 4.69) is 15.0 Å². The molecule has 1 aliphatic rings. The van der Waals surface area contributed by atoms with Crippen molar-refractivity contribution >= 4 is 11.6 Å². The smallest absolute Gasteiger partial charge is 0.229 e. The predicted octanol–water partition coefficient (Wildman–Crippen LogP) is 2.96. The Morgan fingerprint density at radius 2 is 2.00 bits per heavy atom. The molecule has 1 aliphatic heterocycles. The van der Waals surface area contributed by atoms with Gasteiger partial charge in [-0.2, -0.15) is 0 Å². The van der Waals surface area contributed by atoms with E-state index in [-0.39, 0.29) is 18.1 Å². The van der Waals surface area contributed by atoms with Crippen molar-refractivity contribution in [2.45, 2.75) is 33.4 Å². The van der Waals surface area contributed by atoms with E-state index < -0.39 is 0 Å². The van der Waals surface area contributed by atoms with Crippen molar-refractivity contribution < 1.29 is 9.18 Å². The maximum Gasteiger partial charge on any atom is 0.229 e. The maximum absolute atomic E-state index is 13.4. The number of carbonyl (C=O) groups is 1. The van der Waals surface area contributed by atoms with Crippen molar-refractivity contribution in [2.75, 3.05) is 5.73 Å². The van der Waals surface area contributed by atoms with Crippen molar-refractivity contribution in [3.63, 3.8) is 0 Å². The zero-order chi connectivity index (χ0) is 19.8. The maximum atomic E-state index is 13.4. The molecule has 0 fully saturated rings. The summed E-state index contributed by atoms with van der Waals surface area (Å²) in [5.74, 6) is 0.336. The third-order valence-electron chi connectivity index (χ3n) is 4.92. The highest BCUT2D eigenvalue weighted by Crippen LogP contribution is 2.26. The summed E-state index contributed by atoms with van der Waals surface area (Å²) in [6, 6.07) is 8.07. The lowest BCUT2D eigenvalue weighted by atomic mass is 10.0. The summed E-state index contributed by atoms with van der Waals surface area (Å²) in [5.41, 5.74) is 11.2. The van der Waals surface area contributed by atoms with Gasteiger partial charge in [0.2, 0.25) is 5.91 Å². The topological polar surface area (TPSA) is 85.0 Å². The molecule has 0 radical (unpaired) electrons. The molecule has 0 spiro atoms. The summed E-state index contributed by atoms with van der Waals surface area (Å²) in [6.07, 6.45) is 1.87. The molecule has 28 heavy (non-hydrogen) atoms. The molecule has 1 aromatic carbocycles. The molecule has 4 rings (SSSR count). The molecule has 1 amide bonds. The van der Waals surface area contributed by atoms with E-state index in [0.29, 0.717) is 36.0 Å². The number of aromatic nitrogens is 3. The SMILES string of the molecule is Cc1ncc2c(n1)CN(C(=O)Cc1nc(-c3ccc(F)cc3C)ccc1N)C2. The van der Waals surface area contributed by atoms with Gasteiger partial charge in [0.1, 0.15) is 11.6 Å². The number of hydrogen-bond acceptors (Lipinski definition) is 5. The van der Waals surface area contributed by atoms with Gasteiger partial charge in [-0.3, -0.25) is 9.78 Å². The van der Waals surface area contributed by atoms with Gasteiger partial charge < -0.3 is 10.6 Å². The van der Waals surface area contributed by atoms with E-state index in [9.17, 15) is 9.18 Å². The minimum Gasteiger partial charge on any atom is -0.397 e. The number of aryl methyl sites for hydroxylation is 2. The Kier molecular flexibility index (Phi) is 4.50. The van der Waals surface area contributed by atoms with Crippen molar-refractivity contribution in [3.8, 4) is 11.3 Å². The Morgan fingerprint density at radius 3 is 2.79 bits per heavy atom. The van der Waals surface area contributed by atoms with Crippen LogP contribution in [0.4, 0.5) is 10.1 Å². The summed E-state index contributed by atoms with van der Waals surface area (Å²) in [7, 11) is 0. The Bertz CT molecular complexity index is 1080. The van der Waals surface area contributed by atoms with Crippen LogP contribution in [-0.2, 0) is 24.3 Å². The third kappa shape index (κ3) is 3.43. The molecule has 0 aliphatic carbocycles. The summed E-state index contributed by atoms with van der Waals surface area (Å²) in [5, 5.41) is 0. The summed E-state index contributed by atoms with van der Waals surface area (Å²) >= 11 is 0. The molecular weight excluding hydrogens is 357 g/mol. The molecule has 0 saturated carbocycles. The van der Waals surface area contributed by atoms with Gasteiger partial charge in [-0.15, -0.1) is 0 Å². The van der Waals surface area contributed by atoms with Crippen LogP contribution in [-0.4, -0.2) is 25.8 Å². The average molecular weight is 377 g/mol. The molecule has 142 valence electrons. The highest BCUT2D eigenvalue weighted by Gasteiger charge is 2.25. The Balaban J connectivity index is 1.56. The van der Waals surface area contributed by atoms with Crippen LogP contribution in [0.1, 0.15) is 28.3 Å². The minimum absolute atomic E-state index is 0.0668. The molecule has 0 saturated heterocycles. The first-order valence-corrected chi connectivity index (χ1v) is 9.02. The fourth-order valence-electron chi connectivity index (χ4n) is 3.40. The van der Waals surface area contributed by atoms with Crippen LogP contribution in [0.2, 0.25) is 0 Å². The number of amides is 1. The normalized spacial score (nSPS) is 12.9. The molecule has 0 bridgehead atoms. The van der Waals surface area contributed by atoms with Crippen LogP contribution < -0.4 is 5.73 Å². The second-order valence-corrected chi connectivity index (χ2v) is 7.01. The number of pyridine rings is 1.